The molecule has 0 aliphatic rings. The number of rotatable bonds is 1. The van der Waals surface area contributed by atoms with Crippen LogP contribution >= 0.6 is 11.6 Å². The van der Waals surface area contributed by atoms with Crippen LogP contribution in [-0.4, -0.2) is 19.6 Å². The number of aromatic nitrogens is 4. The SMILES string of the molecule is Cc1c(-c2ccccc2Cl)nn2c(=O)[nH]cnc12. The van der Waals surface area contributed by atoms with E-state index in [0.29, 0.717) is 16.4 Å². The maximum Gasteiger partial charge on any atom is 0.349 e. The number of fused-ring (bicyclic) bond motifs is 1. The van der Waals surface area contributed by atoms with Gasteiger partial charge in [0.25, 0.3) is 0 Å². The summed E-state index contributed by atoms with van der Waals surface area (Å²) in [6, 6.07) is 7.38. The van der Waals surface area contributed by atoms with Crippen molar-refractivity contribution in [2.45, 2.75) is 6.92 Å². The molecule has 0 unspecified atom stereocenters. The minimum absolute atomic E-state index is 0.318. The number of hydrogen-bond donors (Lipinski definition) is 1. The Morgan fingerprint density at radius 1 is 1.33 bits per heavy atom. The molecule has 0 bridgehead atoms. The van der Waals surface area contributed by atoms with E-state index in [2.05, 4.69) is 15.1 Å². The number of aromatic amines is 1. The number of aryl methyl sites for hydroxylation is 1. The molecule has 0 saturated carbocycles. The van der Waals surface area contributed by atoms with E-state index >= 15 is 0 Å². The zero-order valence-corrected chi connectivity index (χ0v) is 10.3. The van der Waals surface area contributed by atoms with Gasteiger partial charge in [-0.2, -0.15) is 9.61 Å². The van der Waals surface area contributed by atoms with Crippen molar-refractivity contribution in [1.82, 2.24) is 19.6 Å². The van der Waals surface area contributed by atoms with Crippen molar-refractivity contribution in [1.29, 1.82) is 0 Å². The van der Waals surface area contributed by atoms with Crippen LogP contribution in [0.15, 0.2) is 35.4 Å². The monoisotopic (exact) mass is 260 g/mol. The fourth-order valence-corrected chi connectivity index (χ4v) is 2.12. The van der Waals surface area contributed by atoms with Crippen LogP contribution in [0.2, 0.25) is 5.02 Å². The number of H-pyrrole nitrogens is 1. The fourth-order valence-electron chi connectivity index (χ4n) is 1.90. The lowest BCUT2D eigenvalue weighted by molar-refractivity contribution is 0.843. The third-order valence-corrected chi connectivity index (χ3v) is 3.12. The summed E-state index contributed by atoms with van der Waals surface area (Å²) in [6.45, 7) is 1.87. The van der Waals surface area contributed by atoms with Gasteiger partial charge in [-0.25, -0.2) is 9.78 Å². The summed E-state index contributed by atoms with van der Waals surface area (Å²) in [4.78, 5) is 18.2. The second-order valence-corrected chi connectivity index (χ2v) is 4.30. The van der Waals surface area contributed by atoms with Crippen molar-refractivity contribution in [3.05, 3.63) is 51.7 Å². The van der Waals surface area contributed by atoms with Gasteiger partial charge in [0.2, 0.25) is 0 Å². The summed E-state index contributed by atoms with van der Waals surface area (Å²) >= 11 is 6.14. The molecule has 1 aromatic carbocycles. The highest BCUT2D eigenvalue weighted by atomic mass is 35.5. The van der Waals surface area contributed by atoms with Gasteiger partial charge in [-0.3, -0.25) is 4.98 Å². The van der Waals surface area contributed by atoms with Crippen molar-refractivity contribution < 1.29 is 0 Å². The summed E-state index contributed by atoms with van der Waals surface area (Å²) in [7, 11) is 0. The van der Waals surface area contributed by atoms with E-state index in [1.807, 2.05) is 25.1 Å². The quantitative estimate of drug-likeness (QED) is 0.728. The molecule has 0 atom stereocenters. The standard InChI is InChI=1S/C12H9ClN4O/c1-7-10(8-4-2-3-5-9(8)13)16-17-11(7)14-6-15-12(17)18/h2-6H,1H3,(H,14,15,18). The van der Waals surface area contributed by atoms with Gasteiger partial charge in [-0.1, -0.05) is 29.8 Å². The van der Waals surface area contributed by atoms with Crippen molar-refractivity contribution in [2.24, 2.45) is 0 Å². The number of nitrogens with zero attached hydrogens (tertiary/aromatic N) is 3. The molecule has 0 aliphatic heterocycles. The summed E-state index contributed by atoms with van der Waals surface area (Å²) in [5.74, 6) is 0. The van der Waals surface area contributed by atoms with E-state index in [9.17, 15) is 4.79 Å². The van der Waals surface area contributed by atoms with E-state index in [1.165, 1.54) is 10.8 Å². The second-order valence-electron chi connectivity index (χ2n) is 3.90. The van der Waals surface area contributed by atoms with Crippen LogP contribution in [0.1, 0.15) is 5.56 Å². The Balaban J connectivity index is 2.38. The minimum Gasteiger partial charge on any atom is -0.296 e. The molecule has 90 valence electrons. The lowest BCUT2D eigenvalue weighted by Gasteiger charge is -2.00. The Morgan fingerprint density at radius 2 is 2.11 bits per heavy atom. The Hall–Kier alpha value is -2.14. The van der Waals surface area contributed by atoms with Crippen molar-refractivity contribution in [3.63, 3.8) is 0 Å². The van der Waals surface area contributed by atoms with Gasteiger partial charge in [-0.15, -0.1) is 0 Å². The zero-order valence-electron chi connectivity index (χ0n) is 9.51. The first-order chi connectivity index (χ1) is 8.68. The van der Waals surface area contributed by atoms with Crippen LogP contribution in [0.3, 0.4) is 0 Å². The summed E-state index contributed by atoms with van der Waals surface area (Å²) in [5.41, 5.74) is 2.51. The van der Waals surface area contributed by atoms with Crippen LogP contribution < -0.4 is 5.69 Å². The zero-order chi connectivity index (χ0) is 12.7. The van der Waals surface area contributed by atoms with E-state index in [-0.39, 0.29) is 5.69 Å². The Kier molecular flexibility index (Phi) is 2.41. The lowest BCUT2D eigenvalue weighted by Crippen LogP contribution is -2.17. The molecule has 0 amide bonds. The topological polar surface area (TPSA) is 63.1 Å². The largest absolute Gasteiger partial charge is 0.349 e. The average Bonchev–Trinajstić information content (AvgIpc) is 2.70. The van der Waals surface area contributed by atoms with Gasteiger partial charge < -0.3 is 0 Å². The van der Waals surface area contributed by atoms with Crippen LogP contribution in [-0.2, 0) is 0 Å². The molecular formula is C12H9ClN4O. The first kappa shape index (κ1) is 11.0. The molecule has 0 spiro atoms. The number of nitrogens with one attached hydrogen (secondary N) is 1. The molecule has 0 saturated heterocycles. The van der Waals surface area contributed by atoms with Gasteiger partial charge in [0.05, 0.1) is 17.0 Å². The van der Waals surface area contributed by atoms with Gasteiger partial charge >= 0.3 is 5.69 Å². The molecular weight excluding hydrogens is 252 g/mol. The molecule has 18 heavy (non-hydrogen) atoms. The number of benzene rings is 1. The Labute approximate surface area is 107 Å². The highest BCUT2D eigenvalue weighted by Gasteiger charge is 2.15. The summed E-state index contributed by atoms with van der Waals surface area (Å²) in [6.07, 6.45) is 1.36. The third-order valence-electron chi connectivity index (χ3n) is 2.79. The Bertz CT molecular complexity index is 790. The molecule has 2 heterocycles. The van der Waals surface area contributed by atoms with Crippen molar-refractivity contribution >= 4 is 17.2 Å². The highest BCUT2D eigenvalue weighted by molar-refractivity contribution is 6.33. The van der Waals surface area contributed by atoms with Crippen LogP contribution in [0.5, 0.6) is 0 Å². The molecule has 3 aromatic rings. The molecule has 1 N–H and O–H groups in total. The molecule has 0 aliphatic carbocycles. The van der Waals surface area contributed by atoms with E-state index in [1.54, 1.807) is 6.07 Å². The molecule has 6 heteroatoms. The number of halogens is 1. The maximum atomic E-state index is 11.6. The second kappa shape index (κ2) is 3.96. The van der Waals surface area contributed by atoms with Crippen LogP contribution in [0.25, 0.3) is 16.9 Å². The minimum atomic E-state index is -0.318. The van der Waals surface area contributed by atoms with Crippen molar-refractivity contribution in [2.75, 3.05) is 0 Å². The van der Waals surface area contributed by atoms with Gasteiger partial charge in [0.15, 0.2) is 5.65 Å². The Morgan fingerprint density at radius 3 is 2.83 bits per heavy atom. The average molecular weight is 261 g/mol. The van der Waals surface area contributed by atoms with Gasteiger partial charge in [0.1, 0.15) is 0 Å². The third kappa shape index (κ3) is 1.52. The molecule has 0 fully saturated rings. The van der Waals surface area contributed by atoms with Gasteiger partial charge in [0, 0.05) is 11.1 Å². The number of hydrogen-bond acceptors (Lipinski definition) is 3. The predicted octanol–water partition coefficient (Wildman–Crippen LogP) is 2.05. The highest BCUT2D eigenvalue weighted by Crippen LogP contribution is 2.29. The first-order valence-electron chi connectivity index (χ1n) is 5.36. The molecule has 5 nitrogen and oxygen atoms in total. The van der Waals surface area contributed by atoms with E-state index in [4.69, 9.17) is 11.6 Å². The normalized spacial score (nSPS) is 11.0. The summed E-state index contributed by atoms with van der Waals surface area (Å²) < 4.78 is 1.24. The van der Waals surface area contributed by atoms with Crippen molar-refractivity contribution in [3.8, 4) is 11.3 Å². The predicted molar refractivity (Wildman–Crippen MR) is 68.8 cm³/mol. The van der Waals surface area contributed by atoms with Gasteiger partial charge in [-0.05, 0) is 13.0 Å². The maximum absolute atomic E-state index is 11.6. The van der Waals surface area contributed by atoms with Crippen LogP contribution in [0, 0.1) is 6.92 Å². The van der Waals surface area contributed by atoms with E-state index < -0.39 is 0 Å². The lowest BCUT2D eigenvalue weighted by atomic mass is 10.1. The smallest absolute Gasteiger partial charge is 0.296 e. The van der Waals surface area contributed by atoms with Crippen LogP contribution in [0.4, 0.5) is 0 Å². The fraction of sp³-hybridized carbons (Fsp3) is 0.0833. The molecule has 2 aromatic heterocycles. The molecule has 0 radical (unpaired) electrons. The molecule has 3 rings (SSSR count). The first-order valence-corrected chi connectivity index (χ1v) is 5.74. The summed E-state index contributed by atoms with van der Waals surface area (Å²) in [5, 5.41) is 4.87. The van der Waals surface area contributed by atoms with E-state index in [0.717, 1.165) is 11.1 Å².